The smallest absolute Gasteiger partial charge is 0.0991 e. The van der Waals surface area contributed by atoms with E-state index >= 15 is 0 Å². The van der Waals surface area contributed by atoms with Crippen molar-refractivity contribution in [3.63, 3.8) is 0 Å². The largest absolute Gasteiger partial charge is 0.388 e. The standard InChI is InChI=1S/C8H8N2.C2H6/c1-10-8-4-2-7(6-9)3-5-8;1-2/h2-5,10H,1H3;1-2H3. The van der Waals surface area contributed by atoms with Crippen molar-refractivity contribution in [2.45, 2.75) is 13.8 Å². The molecule has 0 saturated heterocycles. The number of nitrogens with one attached hydrogen (secondary N) is 1. The predicted molar refractivity (Wildman–Crippen MR) is 52.1 cm³/mol. The van der Waals surface area contributed by atoms with E-state index in [-0.39, 0.29) is 0 Å². The molecule has 2 heteroatoms. The molecule has 0 aromatic heterocycles. The molecule has 0 saturated carbocycles. The lowest BCUT2D eigenvalue weighted by Gasteiger charge is -1.96. The molecule has 0 radical (unpaired) electrons. The van der Waals surface area contributed by atoms with E-state index in [0.29, 0.717) is 5.56 Å². The molecule has 1 N–H and O–H groups in total. The molecule has 0 atom stereocenters. The van der Waals surface area contributed by atoms with Crippen LogP contribution in [-0.2, 0) is 0 Å². The first-order chi connectivity index (χ1) is 5.86. The highest BCUT2D eigenvalue weighted by Gasteiger charge is 1.87. The quantitative estimate of drug-likeness (QED) is 0.689. The van der Waals surface area contributed by atoms with Crippen LogP contribution >= 0.6 is 0 Å². The van der Waals surface area contributed by atoms with Gasteiger partial charge in [-0.3, -0.25) is 0 Å². The number of benzene rings is 1. The summed E-state index contributed by atoms with van der Waals surface area (Å²) < 4.78 is 0. The molecule has 64 valence electrons. The highest BCUT2D eigenvalue weighted by atomic mass is 14.8. The third kappa shape index (κ3) is 3.07. The topological polar surface area (TPSA) is 35.8 Å². The maximum Gasteiger partial charge on any atom is 0.0991 e. The zero-order valence-corrected chi connectivity index (χ0v) is 7.76. The number of nitriles is 1. The number of hydrogen-bond donors (Lipinski definition) is 1. The molecule has 0 aliphatic carbocycles. The molecule has 12 heavy (non-hydrogen) atoms. The van der Waals surface area contributed by atoms with Crippen LogP contribution in [0.4, 0.5) is 5.69 Å². The van der Waals surface area contributed by atoms with Gasteiger partial charge in [-0.05, 0) is 24.3 Å². The summed E-state index contributed by atoms with van der Waals surface area (Å²) in [6, 6.07) is 9.36. The van der Waals surface area contributed by atoms with Gasteiger partial charge >= 0.3 is 0 Å². The van der Waals surface area contributed by atoms with Crippen molar-refractivity contribution < 1.29 is 0 Å². The van der Waals surface area contributed by atoms with Crippen LogP contribution in [0.3, 0.4) is 0 Å². The van der Waals surface area contributed by atoms with Gasteiger partial charge in [0.2, 0.25) is 0 Å². The third-order valence-electron chi connectivity index (χ3n) is 1.30. The maximum atomic E-state index is 8.43. The molecule has 0 fully saturated rings. The SMILES string of the molecule is CC.CNc1ccc(C#N)cc1. The molecule has 2 nitrogen and oxygen atoms in total. The average molecular weight is 162 g/mol. The Hall–Kier alpha value is -1.49. The minimum absolute atomic E-state index is 0.694. The highest BCUT2D eigenvalue weighted by Crippen LogP contribution is 2.06. The lowest BCUT2D eigenvalue weighted by molar-refractivity contribution is 1.46. The number of anilines is 1. The van der Waals surface area contributed by atoms with Gasteiger partial charge in [-0.1, -0.05) is 13.8 Å². The summed E-state index contributed by atoms with van der Waals surface area (Å²) in [5.74, 6) is 0. The fraction of sp³-hybridized carbons (Fsp3) is 0.300. The zero-order chi connectivity index (χ0) is 9.40. The van der Waals surface area contributed by atoms with Crippen molar-refractivity contribution in [3.8, 4) is 6.07 Å². The highest BCUT2D eigenvalue weighted by molar-refractivity contribution is 5.46. The number of nitrogens with zero attached hydrogens (tertiary/aromatic N) is 1. The van der Waals surface area contributed by atoms with E-state index in [1.54, 1.807) is 12.1 Å². The van der Waals surface area contributed by atoms with Gasteiger partial charge < -0.3 is 5.32 Å². The maximum absolute atomic E-state index is 8.43. The van der Waals surface area contributed by atoms with Crippen molar-refractivity contribution in [1.29, 1.82) is 5.26 Å². The van der Waals surface area contributed by atoms with E-state index < -0.39 is 0 Å². The Balaban J connectivity index is 0.000000561. The predicted octanol–water partition coefficient (Wildman–Crippen LogP) is 2.63. The van der Waals surface area contributed by atoms with Crippen LogP contribution < -0.4 is 5.32 Å². The Morgan fingerprint density at radius 3 is 2.00 bits per heavy atom. The number of hydrogen-bond acceptors (Lipinski definition) is 2. The summed E-state index contributed by atoms with van der Waals surface area (Å²) in [6.45, 7) is 4.00. The van der Waals surface area contributed by atoms with E-state index in [2.05, 4.69) is 11.4 Å². The van der Waals surface area contributed by atoms with Crippen LogP contribution in [0.1, 0.15) is 19.4 Å². The molecular weight excluding hydrogens is 148 g/mol. The van der Waals surface area contributed by atoms with E-state index in [0.717, 1.165) is 5.69 Å². The second-order valence-corrected chi connectivity index (χ2v) is 1.94. The van der Waals surface area contributed by atoms with Gasteiger partial charge in [-0.25, -0.2) is 0 Å². The van der Waals surface area contributed by atoms with Crippen molar-refractivity contribution in [3.05, 3.63) is 29.8 Å². The van der Waals surface area contributed by atoms with Gasteiger partial charge in [0.15, 0.2) is 0 Å². The lowest BCUT2D eigenvalue weighted by Crippen LogP contribution is -1.86. The Kier molecular flexibility index (Phi) is 5.46. The average Bonchev–Trinajstić information content (AvgIpc) is 2.21. The Morgan fingerprint density at radius 2 is 1.67 bits per heavy atom. The molecule has 1 aromatic carbocycles. The van der Waals surface area contributed by atoms with E-state index in [4.69, 9.17) is 5.26 Å². The van der Waals surface area contributed by atoms with Crippen molar-refractivity contribution in [1.82, 2.24) is 0 Å². The third-order valence-corrected chi connectivity index (χ3v) is 1.30. The van der Waals surface area contributed by atoms with Crippen LogP contribution in [0.25, 0.3) is 0 Å². The monoisotopic (exact) mass is 162 g/mol. The Labute approximate surface area is 73.8 Å². The van der Waals surface area contributed by atoms with Gasteiger partial charge in [-0.2, -0.15) is 5.26 Å². The van der Waals surface area contributed by atoms with Crippen LogP contribution in [0.2, 0.25) is 0 Å². The second kappa shape index (κ2) is 6.23. The lowest BCUT2D eigenvalue weighted by atomic mass is 10.2. The molecule has 0 spiro atoms. The molecule has 1 rings (SSSR count). The minimum Gasteiger partial charge on any atom is -0.388 e. The minimum atomic E-state index is 0.694. The van der Waals surface area contributed by atoms with E-state index in [1.165, 1.54) is 0 Å². The summed E-state index contributed by atoms with van der Waals surface area (Å²) in [5.41, 5.74) is 1.72. The van der Waals surface area contributed by atoms with Crippen LogP contribution in [0.5, 0.6) is 0 Å². The second-order valence-electron chi connectivity index (χ2n) is 1.94. The van der Waals surface area contributed by atoms with Crippen molar-refractivity contribution in [2.24, 2.45) is 0 Å². The summed E-state index contributed by atoms with van der Waals surface area (Å²) >= 11 is 0. The Morgan fingerprint density at radius 1 is 1.17 bits per heavy atom. The first-order valence-electron chi connectivity index (χ1n) is 4.04. The van der Waals surface area contributed by atoms with Crippen LogP contribution in [-0.4, -0.2) is 7.05 Å². The van der Waals surface area contributed by atoms with Crippen molar-refractivity contribution >= 4 is 5.69 Å². The number of rotatable bonds is 1. The molecule has 0 bridgehead atoms. The summed E-state index contributed by atoms with van der Waals surface area (Å²) in [6.07, 6.45) is 0. The van der Waals surface area contributed by atoms with Crippen LogP contribution in [0, 0.1) is 11.3 Å². The molecular formula is C10H14N2. The van der Waals surface area contributed by atoms with Gasteiger partial charge in [0.05, 0.1) is 11.6 Å². The van der Waals surface area contributed by atoms with Gasteiger partial charge in [0.25, 0.3) is 0 Å². The fourth-order valence-electron chi connectivity index (χ4n) is 0.711. The fourth-order valence-corrected chi connectivity index (χ4v) is 0.711. The zero-order valence-electron chi connectivity index (χ0n) is 7.76. The van der Waals surface area contributed by atoms with Crippen molar-refractivity contribution in [2.75, 3.05) is 12.4 Å². The summed E-state index contributed by atoms with van der Waals surface area (Å²) in [5, 5.41) is 11.4. The van der Waals surface area contributed by atoms with E-state index in [9.17, 15) is 0 Å². The van der Waals surface area contributed by atoms with Gasteiger partial charge in [0.1, 0.15) is 0 Å². The molecule has 0 aliphatic heterocycles. The van der Waals surface area contributed by atoms with E-state index in [1.807, 2.05) is 33.0 Å². The molecule has 0 amide bonds. The first-order valence-corrected chi connectivity index (χ1v) is 4.04. The normalized spacial score (nSPS) is 7.50. The molecule has 0 heterocycles. The van der Waals surface area contributed by atoms with Crippen LogP contribution in [0.15, 0.2) is 24.3 Å². The van der Waals surface area contributed by atoms with Gasteiger partial charge in [-0.15, -0.1) is 0 Å². The summed E-state index contributed by atoms with van der Waals surface area (Å²) in [4.78, 5) is 0. The summed E-state index contributed by atoms with van der Waals surface area (Å²) in [7, 11) is 1.85. The first kappa shape index (κ1) is 10.5. The molecule has 1 aromatic rings. The van der Waals surface area contributed by atoms with Gasteiger partial charge in [0, 0.05) is 12.7 Å². The molecule has 0 aliphatic rings. The molecule has 0 unspecified atom stereocenters. The Bertz CT molecular complexity index is 244.